The number of fused-ring (bicyclic) bond motifs is 1. The average molecular weight is 399 g/mol. The molecular formula is C31H26. The van der Waals surface area contributed by atoms with Crippen LogP contribution in [0.1, 0.15) is 25.3 Å². The molecule has 0 spiro atoms. The lowest BCUT2D eigenvalue weighted by Crippen LogP contribution is -1.91. The molecule has 150 valence electrons. The van der Waals surface area contributed by atoms with Crippen molar-refractivity contribution >= 4 is 10.8 Å². The Morgan fingerprint density at radius 2 is 1.06 bits per heavy atom. The van der Waals surface area contributed by atoms with E-state index in [1.54, 1.807) is 0 Å². The van der Waals surface area contributed by atoms with Crippen molar-refractivity contribution in [3.63, 3.8) is 0 Å². The fourth-order valence-corrected chi connectivity index (χ4v) is 4.33. The molecule has 0 saturated carbocycles. The Morgan fingerprint density at radius 3 is 1.71 bits per heavy atom. The predicted molar refractivity (Wildman–Crippen MR) is 134 cm³/mol. The van der Waals surface area contributed by atoms with Gasteiger partial charge in [-0.3, -0.25) is 0 Å². The summed E-state index contributed by atoms with van der Waals surface area (Å²) in [5.74, 6) is 0.528. The number of hydrogen-bond donors (Lipinski definition) is 0. The molecule has 0 amide bonds. The Bertz CT molecular complexity index is 1310. The molecule has 0 N–H and O–H groups in total. The van der Waals surface area contributed by atoms with Crippen LogP contribution in [0.25, 0.3) is 44.2 Å². The van der Waals surface area contributed by atoms with Gasteiger partial charge in [-0.1, -0.05) is 123 Å². The molecule has 0 fully saturated rings. The first-order valence-corrected chi connectivity index (χ1v) is 11.0. The summed E-state index contributed by atoms with van der Waals surface area (Å²) in [5.41, 5.74) is 8.95. The van der Waals surface area contributed by atoms with Crippen molar-refractivity contribution in [3.8, 4) is 33.4 Å². The normalized spacial score (nSPS) is 11.2. The van der Waals surface area contributed by atoms with Gasteiger partial charge in [0, 0.05) is 0 Å². The van der Waals surface area contributed by atoms with Crippen molar-refractivity contribution in [2.45, 2.75) is 19.8 Å². The number of benzene rings is 5. The summed E-state index contributed by atoms with van der Waals surface area (Å²) in [6.45, 7) is 4.49. The third-order valence-corrected chi connectivity index (χ3v) is 6.08. The van der Waals surface area contributed by atoms with E-state index in [2.05, 4.69) is 129 Å². The fraction of sp³-hybridized carbons (Fsp3) is 0.0968. The highest BCUT2D eigenvalue weighted by Gasteiger charge is 2.13. The van der Waals surface area contributed by atoms with Crippen LogP contribution in [0.3, 0.4) is 0 Å². The number of rotatable bonds is 4. The highest BCUT2D eigenvalue weighted by molar-refractivity contribution is 6.05. The molecule has 0 aliphatic rings. The molecule has 0 heterocycles. The van der Waals surface area contributed by atoms with Crippen LogP contribution in [0.4, 0.5) is 0 Å². The van der Waals surface area contributed by atoms with E-state index in [-0.39, 0.29) is 0 Å². The van der Waals surface area contributed by atoms with E-state index in [4.69, 9.17) is 0 Å². The van der Waals surface area contributed by atoms with Crippen molar-refractivity contribution in [1.82, 2.24) is 0 Å². The van der Waals surface area contributed by atoms with E-state index in [0.29, 0.717) is 5.92 Å². The summed E-state index contributed by atoms with van der Waals surface area (Å²) in [6, 6.07) is 41.8. The van der Waals surface area contributed by atoms with Crippen LogP contribution in [-0.2, 0) is 0 Å². The molecule has 0 aliphatic heterocycles. The zero-order chi connectivity index (χ0) is 21.2. The van der Waals surface area contributed by atoms with Crippen molar-refractivity contribution in [1.29, 1.82) is 0 Å². The van der Waals surface area contributed by atoms with Gasteiger partial charge < -0.3 is 0 Å². The predicted octanol–water partition coefficient (Wildman–Crippen LogP) is 8.96. The van der Waals surface area contributed by atoms with Crippen molar-refractivity contribution in [3.05, 3.63) is 121 Å². The Morgan fingerprint density at radius 1 is 0.484 bits per heavy atom. The molecular weight excluding hydrogens is 372 g/mol. The zero-order valence-corrected chi connectivity index (χ0v) is 18.0. The molecule has 0 unspecified atom stereocenters. The van der Waals surface area contributed by atoms with Gasteiger partial charge in [0.1, 0.15) is 0 Å². The first-order valence-electron chi connectivity index (χ1n) is 11.0. The van der Waals surface area contributed by atoms with Gasteiger partial charge >= 0.3 is 0 Å². The first kappa shape index (κ1) is 19.3. The van der Waals surface area contributed by atoms with Gasteiger partial charge in [-0.05, 0) is 61.7 Å². The third kappa shape index (κ3) is 3.78. The molecule has 5 rings (SSSR count). The second-order valence-corrected chi connectivity index (χ2v) is 8.43. The molecule has 0 atom stereocenters. The SMILES string of the molecule is CC(C)c1ccc(-c2c(-c3ccccc3)ccc3ccc(-c4ccccc4)cc23)cc1. The van der Waals surface area contributed by atoms with Crippen molar-refractivity contribution < 1.29 is 0 Å². The molecule has 0 heteroatoms. The highest BCUT2D eigenvalue weighted by Crippen LogP contribution is 2.40. The maximum atomic E-state index is 2.35. The van der Waals surface area contributed by atoms with E-state index in [9.17, 15) is 0 Å². The minimum absolute atomic E-state index is 0.528. The lowest BCUT2D eigenvalue weighted by molar-refractivity contribution is 0.867. The zero-order valence-electron chi connectivity index (χ0n) is 18.0. The van der Waals surface area contributed by atoms with E-state index >= 15 is 0 Å². The van der Waals surface area contributed by atoms with E-state index in [1.807, 2.05) is 0 Å². The molecule has 5 aromatic rings. The summed E-state index contributed by atoms with van der Waals surface area (Å²) >= 11 is 0. The van der Waals surface area contributed by atoms with Crippen LogP contribution in [0.5, 0.6) is 0 Å². The Labute approximate surface area is 184 Å². The van der Waals surface area contributed by atoms with Crippen LogP contribution in [0.15, 0.2) is 115 Å². The van der Waals surface area contributed by atoms with Gasteiger partial charge in [-0.15, -0.1) is 0 Å². The molecule has 31 heavy (non-hydrogen) atoms. The average Bonchev–Trinajstić information content (AvgIpc) is 2.84. The summed E-state index contributed by atoms with van der Waals surface area (Å²) in [6.07, 6.45) is 0. The maximum Gasteiger partial charge on any atom is -0.00266 e. The fourth-order valence-electron chi connectivity index (χ4n) is 4.33. The van der Waals surface area contributed by atoms with Crippen LogP contribution in [-0.4, -0.2) is 0 Å². The number of hydrogen-bond acceptors (Lipinski definition) is 0. The Kier molecular flexibility index (Phi) is 5.14. The lowest BCUT2D eigenvalue weighted by Gasteiger charge is -2.16. The van der Waals surface area contributed by atoms with Gasteiger partial charge in [0.25, 0.3) is 0 Å². The minimum atomic E-state index is 0.528. The molecule has 0 bridgehead atoms. The molecule has 0 nitrogen and oxygen atoms in total. The van der Waals surface area contributed by atoms with Gasteiger partial charge in [-0.25, -0.2) is 0 Å². The second kappa shape index (κ2) is 8.24. The topological polar surface area (TPSA) is 0 Å². The van der Waals surface area contributed by atoms with Crippen LogP contribution < -0.4 is 0 Å². The van der Waals surface area contributed by atoms with E-state index < -0.39 is 0 Å². The third-order valence-electron chi connectivity index (χ3n) is 6.08. The standard InChI is InChI=1S/C31H26/c1-22(2)23-13-16-27(17-14-23)31-29(25-11-7-4-8-12-25)20-19-26-15-18-28(21-30(26)31)24-9-5-3-6-10-24/h3-22H,1-2H3. The van der Waals surface area contributed by atoms with Crippen LogP contribution in [0.2, 0.25) is 0 Å². The molecule has 0 aromatic heterocycles. The van der Waals surface area contributed by atoms with Gasteiger partial charge in [-0.2, -0.15) is 0 Å². The van der Waals surface area contributed by atoms with Crippen molar-refractivity contribution in [2.24, 2.45) is 0 Å². The quantitative estimate of drug-likeness (QED) is 0.283. The van der Waals surface area contributed by atoms with Crippen LogP contribution in [0, 0.1) is 0 Å². The Hall–Kier alpha value is -3.64. The van der Waals surface area contributed by atoms with Gasteiger partial charge in [0.15, 0.2) is 0 Å². The largest absolute Gasteiger partial charge is 0.0622 e. The molecule has 5 aromatic carbocycles. The monoisotopic (exact) mass is 398 g/mol. The first-order chi connectivity index (χ1) is 15.2. The second-order valence-electron chi connectivity index (χ2n) is 8.43. The van der Waals surface area contributed by atoms with E-state index in [0.717, 1.165) is 0 Å². The summed E-state index contributed by atoms with van der Waals surface area (Å²) in [5, 5.41) is 2.56. The lowest BCUT2D eigenvalue weighted by atomic mass is 9.87. The Balaban J connectivity index is 1.79. The van der Waals surface area contributed by atoms with Crippen molar-refractivity contribution in [2.75, 3.05) is 0 Å². The highest BCUT2D eigenvalue weighted by atomic mass is 14.2. The minimum Gasteiger partial charge on any atom is -0.0622 e. The summed E-state index contributed by atoms with van der Waals surface area (Å²) in [4.78, 5) is 0. The van der Waals surface area contributed by atoms with Gasteiger partial charge in [0.2, 0.25) is 0 Å². The molecule has 0 aliphatic carbocycles. The van der Waals surface area contributed by atoms with Gasteiger partial charge in [0.05, 0.1) is 0 Å². The van der Waals surface area contributed by atoms with Crippen LogP contribution >= 0.6 is 0 Å². The maximum absolute atomic E-state index is 2.35. The smallest absolute Gasteiger partial charge is 0.00266 e. The summed E-state index contributed by atoms with van der Waals surface area (Å²) < 4.78 is 0. The molecule has 0 radical (unpaired) electrons. The van der Waals surface area contributed by atoms with E-state index in [1.165, 1.54) is 49.7 Å². The summed E-state index contributed by atoms with van der Waals surface area (Å²) in [7, 11) is 0. The molecule has 0 saturated heterocycles.